The Hall–Kier alpha value is -4.01. The summed E-state index contributed by atoms with van der Waals surface area (Å²) in [6.45, 7) is 13.4. The Kier molecular flexibility index (Phi) is 9.23. The van der Waals surface area contributed by atoms with Crippen molar-refractivity contribution in [2.75, 3.05) is 0 Å². The minimum absolute atomic E-state index is 0. The summed E-state index contributed by atoms with van der Waals surface area (Å²) in [5.74, 6) is 2.19. The van der Waals surface area contributed by atoms with Crippen LogP contribution in [0.25, 0.3) is 50.4 Å². The zero-order chi connectivity index (χ0) is 30.2. The molecule has 0 spiro atoms. The Labute approximate surface area is 275 Å². The van der Waals surface area contributed by atoms with E-state index in [0.29, 0.717) is 23.3 Å². The van der Waals surface area contributed by atoms with E-state index in [0.717, 1.165) is 39.1 Å². The number of phenolic OH excluding ortho intramolecular Hbond substituents is 1. The van der Waals surface area contributed by atoms with E-state index in [9.17, 15) is 5.11 Å². The van der Waals surface area contributed by atoms with Crippen LogP contribution in [-0.2, 0) is 21.1 Å². The van der Waals surface area contributed by atoms with Crippen molar-refractivity contribution in [1.82, 2.24) is 14.5 Å². The van der Waals surface area contributed by atoms with Crippen LogP contribution in [0.1, 0.15) is 76.0 Å². The van der Waals surface area contributed by atoms with Gasteiger partial charge in [-0.25, -0.2) is 0 Å². The molecule has 0 fully saturated rings. The fraction of sp³-hybridized carbons (Fsp3) is 0.231. The third-order valence-corrected chi connectivity index (χ3v) is 8.22. The van der Waals surface area contributed by atoms with Crippen molar-refractivity contribution in [3.63, 3.8) is 0 Å². The van der Waals surface area contributed by atoms with Gasteiger partial charge in [0, 0.05) is 55.8 Å². The molecule has 0 aliphatic heterocycles. The summed E-state index contributed by atoms with van der Waals surface area (Å²) >= 11 is 0. The van der Waals surface area contributed by atoms with Crippen molar-refractivity contribution in [2.45, 2.75) is 59.3 Å². The second-order valence-electron chi connectivity index (χ2n) is 12.2. The average molecular weight is 760 g/mol. The van der Waals surface area contributed by atoms with Crippen LogP contribution in [-0.4, -0.2) is 19.6 Å². The number of hydrogen-bond acceptors (Lipinski definition) is 3. The molecule has 44 heavy (non-hydrogen) atoms. The molecule has 1 N–H and O–H groups in total. The van der Waals surface area contributed by atoms with Gasteiger partial charge in [-0.3, -0.25) is 9.97 Å². The van der Waals surface area contributed by atoms with Crippen LogP contribution in [0.4, 0.5) is 0 Å². The molecule has 2 aromatic heterocycles. The van der Waals surface area contributed by atoms with E-state index in [4.69, 9.17) is 9.97 Å². The summed E-state index contributed by atoms with van der Waals surface area (Å²) in [5, 5.41) is 12.9. The number of hydrogen-bond donors (Lipinski definition) is 1. The number of rotatable bonds is 7. The fourth-order valence-corrected chi connectivity index (χ4v) is 5.87. The molecule has 0 unspecified atom stereocenters. The molecular formula is C39H38N3OPt-. The summed E-state index contributed by atoms with van der Waals surface area (Å²) in [6, 6.07) is 32.5. The van der Waals surface area contributed by atoms with E-state index in [1.807, 2.05) is 36.5 Å². The van der Waals surface area contributed by atoms with Gasteiger partial charge in [-0.15, -0.1) is 24.3 Å². The summed E-state index contributed by atoms with van der Waals surface area (Å²) in [6.07, 6.45) is 3.93. The molecular weight excluding hydrogens is 722 g/mol. The predicted molar refractivity (Wildman–Crippen MR) is 178 cm³/mol. The molecule has 4 aromatic carbocycles. The molecule has 226 valence electrons. The third-order valence-electron chi connectivity index (χ3n) is 8.22. The monoisotopic (exact) mass is 759 g/mol. The van der Waals surface area contributed by atoms with Gasteiger partial charge in [-0.2, -0.15) is 0 Å². The van der Waals surface area contributed by atoms with Gasteiger partial charge in [-0.1, -0.05) is 107 Å². The van der Waals surface area contributed by atoms with E-state index >= 15 is 0 Å². The standard InChI is InChI=1S/C39H38N3O.Pt/c1-24(2)27-17-18-33-30(21-27)23-35(41-37(33)34-13-7-8-16-36(34)43)28-11-9-12-29(22-28)39-40-19-20-42(39)38-31(25(3)4)14-10-15-32(38)26(5)6;/h7-21,23-26,43H,1-6H3;/q-1;. The second-order valence-corrected chi connectivity index (χ2v) is 12.2. The van der Waals surface area contributed by atoms with Gasteiger partial charge in [0.05, 0.1) is 11.5 Å². The van der Waals surface area contributed by atoms with Crippen LogP contribution < -0.4 is 0 Å². The van der Waals surface area contributed by atoms with E-state index in [1.54, 1.807) is 6.07 Å². The Bertz CT molecular complexity index is 1910. The van der Waals surface area contributed by atoms with E-state index in [2.05, 4.69) is 107 Å². The van der Waals surface area contributed by atoms with Crippen molar-refractivity contribution in [3.05, 3.63) is 120 Å². The van der Waals surface area contributed by atoms with Crippen molar-refractivity contribution in [2.24, 2.45) is 0 Å². The number of phenols is 1. The normalized spacial score (nSPS) is 11.5. The number of imidazole rings is 1. The molecule has 6 rings (SSSR count). The molecule has 0 bridgehead atoms. The van der Waals surface area contributed by atoms with Gasteiger partial charge in [0.2, 0.25) is 0 Å². The number of para-hydroxylation sites is 2. The maximum Gasteiger partial charge on any atom is 0.124 e. The number of aromatic hydroxyl groups is 1. The summed E-state index contributed by atoms with van der Waals surface area (Å²) in [5.41, 5.74) is 9.11. The van der Waals surface area contributed by atoms with E-state index < -0.39 is 0 Å². The van der Waals surface area contributed by atoms with Crippen molar-refractivity contribution in [1.29, 1.82) is 0 Å². The van der Waals surface area contributed by atoms with Gasteiger partial charge < -0.3 is 9.67 Å². The molecule has 6 aromatic rings. The van der Waals surface area contributed by atoms with E-state index in [1.165, 1.54) is 22.4 Å². The van der Waals surface area contributed by atoms with Crippen molar-refractivity contribution < 1.29 is 26.2 Å². The second kappa shape index (κ2) is 12.9. The fourth-order valence-electron chi connectivity index (χ4n) is 5.87. The van der Waals surface area contributed by atoms with Crippen molar-refractivity contribution in [3.8, 4) is 45.3 Å². The minimum atomic E-state index is 0. The zero-order valence-corrected chi connectivity index (χ0v) is 28.3. The molecule has 4 nitrogen and oxygen atoms in total. The SMILES string of the molecule is CC(C)c1ccc2c(-c3ccccc3O)nc(-c3[c-]c(-c4nccn4-c4c(C(C)C)cccc4C(C)C)ccc3)cc2c1.[Pt]. The molecule has 0 saturated heterocycles. The maximum absolute atomic E-state index is 10.8. The first-order chi connectivity index (χ1) is 20.7. The minimum Gasteiger partial charge on any atom is -0.507 e. The molecule has 0 amide bonds. The molecule has 0 saturated carbocycles. The van der Waals surface area contributed by atoms with Crippen LogP contribution in [0.2, 0.25) is 0 Å². The first-order valence-electron chi connectivity index (χ1n) is 15.2. The van der Waals surface area contributed by atoms with Gasteiger partial charge in [0.15, 0.2) is 0 Å². The third kappa shape index (κ3) is 5.88. The number of fused-ring (bicyclic) bond motifs is 1. The topological polar surface area (TPSA) is 50.9 Å². The zero-order valence-electron chi connectivity index (χ0n) is 26.1. The molecule has 0 aliphatic rings. The average Bonchev–Trinajstić information content (AvgIpc) is 3.50. The van der Waals surface area contributed by atoms with Gasteiger partial charge in [0.1, 0.15) is 5.75 Å². The number of benzene rings is 4. The van der Waals surface area contributed by atoms with Crippen LogP contribution in [0.3, 0.4) is 0 Å². The number of pyridine rings is 1. The van der Waals surface area contributed by atoms with Gasteiger partial charge >= 0.3 is 0 Å². The maximum atomic E-state index is 10.8. The molecule has 0 aliphatic carbocycles. The van der Waals surface area contributed by atoms with Crippen LogP contribution in [0.15, 0.2) is 97.3 Å². The van der Waals surface area contributed by atoms with Crippen LogP contribution in [0.5, 0.6) is 5.75 Å². The predicted octanol–water partition coefficient (Wildman–Crippen LogP) is 10.3. The van der Waals surface area contributed by atoms with E-state index in [-0.39, 0.29) is 26.8 Å². The van der Waals surface area contributed by atoms with Crippen molar-refractivity contribution >= 4 is 10.8 Å². The summed E-state index contributed by atoms with van der Waals surface area (Å²) in [4.78, 5) is 9.97. The quantitative estimate of drug-likeness (QED) is 0.165. The summed E-state index contributed by atoms with van der Waals surface area (Å²) < 4.78 is 2.22. The molecule has 0 radical (unpaired) electrons. The number of nitrogens with zero attached hydrogens (tertiary/aromatic N) is 3. The largest absolute Gasteiger partial charge is 0.507 e. The Morgan fingerprint density at radius 1 is 0.727 bits per heavy atom. The Morgan fingerprint density at radius 3 is 2.09 bits per heavy atom. The van der Waals surface area contributed by atoms with Gasteiger partial charge in [-0.05, 0) is 52.0 Å². The van der Waals surface area contributed by atoms with Gasteiger partial charge in [0.25, 0.3) is 0 Å². The first-order valence-corrected chi connectivity index (χ1v) is 15.2. The van der Waals surface area contributed by atoms with Crippen LogP contribution >= 0.6 is 0 Å². The Morgan fingerprint density at radius 2 is 1.41 bits per heavy atom. The number of aromatic nitrogens is 3. The molecule has 5 heteroatoms. The smallest absolute Gasteiger partial charge is 0.124 e. The summed E-state index contributed by atoms with van der Waals surface area (Å²) in [7, 11) is 0. The first kappa shape index (κ1) is 31.4. The molecule has 2 heterocycles. The Balaban J connectivity index is 0.00000384. The molecule has 0 atom stereocenters. The van der Waals surface area contributed by atoms with Crippen LogP contribution in [0, 0.1) is 6.07 Å².